The molecule has 4 nitrogen and oxygen atoms in total. The molecule has 0 aliphatic carbocycles. The first-order valence-electron chi connectivity index (χ1n) is 9.60. The Morgan fingerprint density at radius 1 is 1.23 bits per heavy atom. The summed E-state index contributed by atoms with van der Waals surface area (Å²) in [5.74, 6) is 1.72. The molecule has 1 atom stereocenters. The number of hydrogen-bond acceptors (Lipinski definition) is 3. The molecule has 1 fully saturated rings. The van der Waals surface area contributed by atoms with Crippen molar-refractivity contribution in [1.82, 2.24) is 9.88 Å². The van der Waals surface area contributed by atoms with Crippen LogP contribution < -0.4 is 4.90 Å². The smallest absolute Gasteiger partial charge is 0.255 e. The van der Waals surface area contributed by atoms with Crippen molar-refractivity contribution in [3.05, 3.63) is 59.8 Å². The highest BCUT2D eigenvalue weighted by Gasteiger charge is 2.21. The van der Waals surface area contributed by atoms with Gasteiger partial charge in [0.2, 0.25) is 0 Å². The molecule has 2 heterocycles. The van der Waals surface area contributed by atoms with Crippen LogP contribution >= 0.6 is 0 Å². The summed E-state index contributed by atoms with van der Waals surface area (Å²) in [4.78, 5) is 21.8. The quantitative estimate of drug-likeness (QED) is 0.803. The van der Waals surface area contributed by atoms with Gasteiger partial charge in [0.05, 0.1) is 5.56 Å². The van der Waals surface area contributed by atoms with Crippen LogP contribution in [0.4, 0.5) is 5.82 Å². The average Bonchev–Trinajstić information content (AvgIpc) is 2.66. The largest absolute Gasteiger partial charge is 0.356 e. The number of nitrogens with zero attached hydrogens (tertiary/aromatic N) is 3. The predicted octanol–water partition coefficient (Wildman–Crippen LogP) is 4.37. The zero-order chi connectivity index (χ0) is 18.5. The Labute approximate surface area is 156 Å². The number of carbonyl (C=O) groups excluding carboxylic acids is 1. The molecule has 0 saturated carbocycles. The molecular weight excluding hydrogens is 322 g/mol. The number of benzene rings is 1. The van der Waals surface area contributed by atoms with Gasteiger partial charge in [0.1, 0.15) is 5.82 Å². The van der Waals surface area contributed by atoms with Crippen molar-refractivity contribution in [1.29, 1.82) is 0 Å². The Kier molecular flexibility index (Phi) is 5.92. The number of carbonyl (C=O) groups is 1. The lowest BCUT2D eigenvalue weighted by Gasteiger charge is -2.32. The van der Waals surface area contributed by atoms with Crippen molar-refractivity contribution in [3.63, 3.8) is 0 Å². The van der Waals surface area contributed by atoms with E-state index < -0.39 is 0 Å². The van der Waals surface area contributed by atoms with Crippen molar-refractivity contribution >= 4 is 11.7 Å². The lowest BCUT2D eigenvalue weighted by molar-refractivity contribution is 0.0690. The van der Waals surface area contributed by atoms with Gasteiger partial charge in [-0.15, -0.1) is 0 Å². The Hall–Kier alpha value is -2.36. The molecule has 4 heteroatoms. The summed E-state index contributed by atoms with van der Waals surface area (Å²) in [7, 11) is 0. The summed E-state index contributed by atoms with van der Waals surface area (Å²) in [5.41, 5.74) is 1.80. The molecule has 1 amide bonds. The molecule has 1 saturated heterocycles. The third kappa shape index (κ3) is 4.43. The average molecular weight is 351 g/mol. The highest BCUT2D eigenvalue weighted by atomic mass is 16.2. The van der Waals surface area contributed by atoms with Gasteiger partial charge in [-0.2, -0.15) is 0 Å². The standard InChI is InChI=1S/C22H29N3O/c1-17(2)25(16-19-9-5-4-6-10-19)22(26)20-11-12-21(23-14-20)24-13-7-8-18(3)15-24/h4-6,9-12,14,17-18H,7-8,13,15-16H2,1-3H3. The van der Waals surface area contributed by atoms with Gasteiger partial charge in [0.15, 0.2) is 0 Å². The summed E-state index contributed by atoms with van der Waals surface area (Å²) in [6, 6.07) is 14.2. The fraction of sp³-hybridized carbons (Fsp3) is 0.455. The number of hydrogen-bond donors (Lipinski definition) is 0. The maximum absolute atomic E-state index is 13.0. The van der Waals surface area contributed by atoms with E-state index in [9.17, 15) is 4.79 Å². The van der Waals surface area contributed by atoms with Gasteiger partial charge in [0, 0.05) is 31.9 Å². The topological polar surface area (TPSA) is 36.4 Å². The summed E-state index contributed by atoms with van der Waals surface area (Å²) >= 11 is 0. The minimum absolute atomic E-state index is 0.0370. The van der Waals surface area contributed by atoms with Crippen LogP contribution in [0.5, 0.6) is 0 Å². The van der Waals surface area contributed by atoms with Crippen LogP contribution in [0, 0.1) is 5.92 Å². The summed E-state index contributed by atoms with van der Waals surface area (Å²) in [5, 5.41) is 0. The zero-order valence-electron chi connectivity index (χ0n) is 16.1. The van der Waals surface area contributed by atoms with Gasteiger partial charge in [-0.1, -0.05) is 37.3 Å². The fourth-order valence-corrected chi connectivity index (χ4v) is 3.53. The van der Waals surface area contributed by atoms with Crippen molar-refractivity contribution < 1.29 is 4.79 Å². The van der Waals surface area contributed by atoms with Gasteiger partial charge in [-0.3, -0.25) is 4.79 Å². The van der Waals surface area contributed by atoms with Crippen LogP contribution in [0.25, 0.3) is 0 Å². The summed E-state index contributed by atoms with van der Waals surface area (Å²) in [6.07, 6.45) is 4.23. The first-order chi connectivity index (χ1) is 12.5. The van der Waals surface area contributed by atoms with E-state index in [-0.39, 0.29) is 11.9 Å². The normalized spacial score (nSPS) is 17.4. The second-order valence-corrected chi connectivity index (χ2v) is 7.61. The van der Waals surface area contributed by atoms with Gasteiger partial charge in [0.25, 0.3) is 5.91 Å². The fourth-order valence-electron chi connectivity index (χ4n) is 3.53. The lowest BCUT2D eigenvalue weighted by Crippen LogP contribution is -2.37. The van der Waals surface area contributed by atoms with E-state index in [4.69, 9.17) is 0 Å². The SMILES string of the molecule is CC1CCCN(c2ccc(C(=O)N(Cc3ccccc3)C(C)C)cn2)C1. The molecule has 0 radical (unpaired) electrons. The molecule has 138 valence electrons. The zero-order valence-corrected chi connectivity index (χ0v) is 16.1. The Bertz CT molecular complexity index is 712. The first kappa shape index (κ1) is 18.4. The van der Waals surface area contributed by atoms with Crippen molar-refractivity contribution in [2.45, 2.75) is 46.2 Å². The van der Waals surface area contributed by atoms with Gasteiger partial charge >= 0.3 is 0 Å². The Balaban J connectivity index is 1.73. The molecule has 0 bridgehead atoms. The van der Waals surface area contributed by atoms with Gasteiger partial charge < -0.3 is 9.80 Å². The van der Waals surface area contributed by atoms with Crippen LogP contribution in [0.1, 0.15) is 49.5 Å². The second kappa shape index (κ2) is 8.35. The maximum Gasteiger partial charge on any atom is 0.255 e. The molecule has 3 rings (SSSR count). The lowest BCUT2D eigenvalue weighted by atomic mass is 10.0. The van der Waals surface area contributed by atoms with Crippen LogP contribution in [-0.2, 0) is 6.54 Å². The monoisotopic (exact) mass is 351 g/mol. The van der Waals surface area contributed by atoms with E-state index in [0.29, 0.717) is 18.0 Å². The third-order valence-electron chi connectivity index (χ3n) is 5.06. The van der Waals surface area contributed by atoms with Crippen LogP contribution in [0.15, 0.2) is 48.7 Å². The highest BCUT2D eigenvalue weighted by Crippen LogP contribution is 2.22. The van der Waals surface area contributed by atoms with E-state index in [1.54, 1.807) is 6.20 Å². The van der Waals surface area contributed by atoms with Crippen LogP contribution in [-0.4, -0.2) is 34.9 Å². The molecule has 1 aromatic carbocycles. The first-order valence-corrected chi connectivity index (χ1v) is 9.60. The van der Waals surface area contributed by atoms with Gasteiger partial charge in [-0.05, 0) is 50.3 Å². The molecular formula is C22H29N3O. The van der Waals surface area contributed by atoms with E-state index in [1.165, 1.54) is 12.8 Å². The molecule has 1 aromatic heterocycles. The second-order valence-electron chi connectivity index (χ2n) is 7.61. The van der Waals surface area contributed by atoms with Crippen molar-refractivity contribution in [2.75, 3.05) is 18.0 Å². The third-order valence-corrected chi connectivity index (χ3v) is 5.06. The van der Waals surface area contributed by atoms with Crippen molar-refractivity contribution in [3.8, 4) is 0 Å². The van der Waals surface area contributed by atoms with E-state index in [2.05, 4.69) is 42.8 Å². The van der Waals surface area contributed by atoms with Crippen molar-refractivity contribution in [2.24, 2.45) is 5.92 Å². The van der Waals surface area contributed by atoms with Crippen LogP contribution in [0.3, 0.4) is 0 Å². The molecule has 2 aromatic rings. The highest BCUT2D eigenvalue weighted by molar-refractivity contribution is 5.94. The Morgan fingerprint density at radius 3 is 2.62 bits per heavy atom. The maximum atomic E-state index is 13.0. The van der Waals surface area contributed by atoms with E-state index >= 15 is 0 Å². The van der Waals surface area contributed by atoms with E-state index in [1.807, 2.05) is 35.2 Å². The Morgan fingerprint density at radius 2 is 2.00 bits per heavy atom. The molecule has 1 aliphatic heterocycles. The number of aromatic nitrogens is 1. The minimum atomic E-state index is 0.0370. The minimum Gasteiger partial charge on any atom is -0.356 e. The number of amides is 1. The molecule has 1 unspecified atom stereocenters. The number of pyridine rings is 1. The molecule has 0 N–H and O–H groups in total. The van der Waals surface area contributed by atoms with E-state index in [0.717, 1.165) is 24.5 Å². The summed E-state index contributed by atoms with van der Waals surface area (Å²) in [6.45, 7) is 9.11. The number of piperidine rings is 1. The van der Waals surface area contributed by atoms with Crippen LogP contribution in [0.2, 0.25) is 0 Å². The summed E-state index contributed by atoms with van der Waals surface area (Å²) < 4.78 is 0. The number of rotatable bonds is 5. The molecule has 0 spiro atoms. The van der Waals surface area contributed by atoms with Gasteiger partial charge in [-0.25, -0.2) is 4.98 Å². The molecule has 1 aliphatic rings. The predicted molar refractivity (Wildman–Crippen MR) is 106 cm³/mol. The number of anilines is 1. The molecule has 26 heavy (non-hydrogen) atoms.